The fourth-order valence-corrected chi connectivity index (χ4v) is 3.81. The Kier molecular flexibility index (Phi) is 6.81. The summed E-state index contributed by atoms with van der Waals surface area (Å²) in [6.45, 7) is 0. The molecule has 22 heavy (non-hydrogen) atoms. The topological polar surface area (TPSA) is 40.6 Å². The van der Waals surface area contributed by atoms with Gasteiger partial charge in [0, 0.05) is 8.95 Å². The normalized spacial score (nSPS) is 10.1. The number of amides is 2. The molecule has 0 unspecified atom stereocenters. The van der Waals surface area contributed by atoms with E-state index in [1.165, 1.54) is 8.61 Å². The molecule has 2 aromatic carbocycles. The van der Waals surface area contributed by atoms with Crippen LogP contribution in [0.15, 0.2) is 57.5 Å². The largest absolute Gasteiger partial charge is 0.277 e. The number of halogens is 2. The highest BCUT2D eigenvalue weighted by atomic mass is 79.9. The Morgan fingerprint density at radius 2 is 1.00 bits per heavy atom. The van der Waals surface area contributed by atoms with E-state index in [0.717, 1.165) is 42.3 Å². The SMILES string of the molecule is O=CN(SSN(C=O)c1ccc(Br)cc1)c1ccc(Br)cc1. The number of carbonyl (C=O) groups excluding carboxylic acids is 2. The second kappa shape index (κ2) is 8.61. The van der Waals surface area contributed by atoms with Gasteiger partial charge in [0.25, 0.3) is 0 Å². The van der Waals surface area contributed by atoms with Crippen LogP contribution >= 0.6 is 53.8 Å². The summed E-state index contributed by atoms with van der Waals surface area (Å²) in [5.74, 6) is 0. The standard InChI is InChI=1S/C14H10Br2N2O2S2/c15-11-1-5-13(6-2-11)17(9-19)21-22-18(10-20)14-7-3-12(16)4-8-14/h1-10H. The van der Waals surface area contributed by atoms with E-state index in [4.69, 9.17) is 0 Å². The third-order valence-electron chi connectivity index (χ3n) is 2.55. The van der Waals surface area contributed by atoms with Crippen LogP contribution in [0.2, 0.25) is 0 Å². The van der Waals surface area contributed by atoms with Gasteiger partial charge in [-0.1, -0.05) is 31.9 Å². The predicted molar refractivity (Wildman–Crippen MR) is 101 cm³/mol. The van der Waals surface area contributed by atoms with Gasteiger partial charge < -0.3 is 0 Å². The molecule has 0 radical (unpaired) electrons. The van der Waals surface area contributed by atoms with Crippen LogP contribution in [0.3, 0.4) is 0 Å². The van der Waals surface area contributed by atoms with Crippen molar-refractivity contribution in [3.8, 4) is 0 Å². The van der Waals surface area contributed by atoms with Crippen LogP contribution in [-0.4, -0.2) is 12.8 Å². The van der Waals surface area contributed by atoms with Gasteiger partial charge in [0.2, 0.25) is 12.8 Å². The molecule has 2 amide bonds. The zero-order valence-corrected chi connectivity index (χ0v) is 15.9. The molecule has 114 valence electrons. The lowest BCUT2D eigenvalue weighted by Crippen LogP contribution is -2.15. The average Bonchev–Trinajstić information content (AvgIpc) is 2.54. The first-order chi connectivity index (χ1) is 10.6. The summed E-state index contributed by atoms with van der Waals surface area (Å²) < 4.78 is 4.77. The van der Waals surface area contributed by atoms with Gasteiger partial charge in [-0.15, -0.1) is 0 Å². The van der Waals surface area contributed by atoms with E-state index in [2.05, 4.69) is 31.9 Å². The molecule has 0 fully saturated rings. The van der Waals surface area contributed by atoms with Crippen LogP contribution in [0, 0.1) is 0 Å². The monoisotopic (exact) mass is 460 g/mol. The first-order valence-electron chi connectivity index (χ1n) is 5.99. The molecule has 0 N–H and O–H groups in total. The smallest absolute Gasteiger partial charge is 0.224 e. The van der Waals surface area contributed by atoms with E-state index in [9.17, 15) is 9.59 Å². The van der Waals surface area contributed by atoms with Crippen molar-refractivity contribution in [3.05, 3.63) is 57.5 Å². The van der Waals surface area contributed by atoms with E-state index in [1.54, 1.807) is 0 Å². The Morgan fingerprint density at radius 1 is 0.682 bits per heavy atom. The highest BCUT2D eigenvalue weighted by molar-refractivity contribution is 9.10. The lowest BCUT2D eigenvalue weighted by Gasteiger charge is -2.19. The molecular weight excluding hydrogens is 452 g/mol. The van der Waals surface area contributed by atoms with E-state index < -0.39 is 0 Å². The molecule has 2 rings (SSSR count). The molecule has 0 spiro atoms. The third-order valence-corrected chi connectivity index (χ3v) is 5.75. The summed E-state index contributed by atoms with van der Waals surface area (Å²) in [6, 6.07) is 14.7. The van der Waals surface area contributed by atoms with Crippen molar-refractivity contribution in [2.24, 2.45) is 0 Å². The summed E-state index contributed by atoms with van der Waals surface area (Å²) in [6.07, 6.45) is 1.43. The molecule has 0 heterocycles. The maximum absolute atomic E-state index is 11.2. The highest BCUT2D eigenvalue weighted by Gasteiger charge is 2.12. The lowest BCUT2D eigenvalue weighted by atomic mass is 10.3. The molecule has 0 aromatic heterocycles. The Hall–Kier alpha value is -0.960. The molecule has 0 atom stereocenters. The van der Waals surface area contributed by atoms with Gasteiger partial charge in [-0.2, -0.15) is 0 Å². The van der Waals surface area contributed by atoms with Crippen molar-refractivity contribution < 1.29 is 9.59 Å². The molecule has 0 aliphatic rings. The van der Waals surface area contributed by atoms with E-state index in [-0.39, 0.29) is 0 Å². The van der Waals surface area contributed by atoms with Crippen molar-refractivity contribution in [1.29, 1.82) is 0 Å². The van der Waals surface area contributed by atoms with Crippen LogP contribution in [0.1, 0.15) is 0 Å². The zero-order valence-electron chi connectivity index (χ0n) is 11.1. The summed E-state index contributed by atoms with van der Waals surface area (Å²) >= 11 is 6.70. The maximum Gasteiger partial charge on any atom is 0.224 e. The minimum absolute atomic E-state index is 0.714. The van der Waals surface area contributed by atoms with Gasteiger partial charge in [-0.05, 0) is 48.5 Å². The van der Waals surface area contributed by atoms with Crippen LogP contribution in [0.5, 0.6) is 0 Å². The van der Waals surface area contributed by atoms with E-state index in [1.807, 2.05) is 48.5 Å². The van der Waals surface area contributed by atoms with Gasteiger partial charge >= 0.3 is 0 Å². The summed E-state index contributed by atoms with van der Waals surface area (Å²) in [4.78, 5) is 22.5. The Morgan fingerprint density at radius 3 is 1.27 bits per heavy atom. The number of rotatable bonds is 7. The van der Waals surface area contributed by atoms with Crippen molar-refractivity contribution in [3.63, 3.8) is 0 Å². The summed E-state index contributed by atoms with van der Waals surface area (Å²) in [5, 5.41) is 0. The van der Waals surface area contributed by atoms with E-state index >= 15 is 0 Å². The molecule has 4 nitrogen and oxygen atoms in total. The predicted octanol–water partition coefficient (Wildman–Crippen LogP) is 5.05. The summed E-state index contributed by atoms with van der Waals surface area (Å²) in [5.41, 5.74) is 1.47. The number of carbonyl (C=O) groups is 2. The van der Waals surface area contributed by atoms with Gasteiger partial charge in [0.05, 0.1) is 33.3 Å². The maximum atomic E-state index is 11.2. The minimum atomic E-state index is 0.714. The number of hydrogen-bond acceptors (Lipinski definition) is 4. The molecule has 0 saturated heterocycles. The minimum Gasteiger partial charge on any atom is -0.277 e. The molecule has 0 bridgehead atoms. The van der Waals surface area contributed by atoms with Crippen molar-refractivity contribution in [1.82, 2.24) is 0 Å². The van der Waals surface area contributed by atoms with Crippen LogP contribution in [0.25, 0.3) is 0 Å². The van der Waals surface area contributed by atoms with Crippen LogP contribution in [0.4, 0.5) is 11.4 Å². The average molecular weight is 462 g/mol. The van der Waals surface area contributed by atoms with Crippen LogP contribution in [-0.2, 0) is 9.59 Å². The Balaban J connectivity index is 2.04. The number of hydrogen-bond donors (Lipinski definition) is 0. The number of anilines is 2. The molecule has 0 saturated carbocycles. The fourth-order valence-electron chi connectivity index (χ4n) is 1.49. The molecule has 2 aromatic rings. The Labute approximate surface area is 153 Å². The lowest BCUT2D eigenvalue weighted by molar-refractivity contribution is -0.107. The second-order valence-electron chi connectivity index (χ2n) is 3.96. The van der Waals surface area contributed by atoms with E-state index in [0.29, 0.717) is 12.8 Å². The molecule has 0 aliphatic heterocycles. The second-order valence-corrected chi connectivity index (χ2v) is 7.78. The van der Waals surface area contributed by atoms with Crippen molar-refractivity contribution >= 4 is 78.0 Å². The number of nitrogens with zero attached hydrogens (tertiary/aromatic N) is 2. The molecule has 0 aliphatic carbocycles. The van der Waals surface area contributed by atoms with Gasteiger partial charge in [0.1, 0.15) is 0 Å². The van der Waals surface area contributed by atoms with Gasteiger partial charge in [-0.3, -0.25) is 9.59 Å². The van der Waals surface area contributed by atoms with Gasteiger partial charge in [0.15, 0.2) is 0 Å². The quantitative estimate of drug-likeness (QED) is 0.328. The Bertz CT molecular complexity index is 581. The highest BCUT2D eigenvalue weighted by Crippen LogP contribution is 2.35. The summed E-state index contributed by atoms with van der Waals surface area (Å²) in [7, 11) is 2.32. The first kappa shape index (κ1) is 17.4. The molecule has 8 heteroatoms. The van der Waals surface area contributed by atoms with Crippen LogP contribution < -0.4 is 8.61 Å². The zero-order chi connectivity index (χ0) is 15.9. The number of benzene rings is 2. The molecular formula is C14H10Br2N2O2S2. The first-order valence-corrected chi connectivity index (χ1v) is 9.64. The third kappa shape index (κ3) is 4.77. The fraction of sp³-hybridized carbons (Fsp3) is 0. The van der Waals surface area contributed by atoms with Crippen molar-refractivity contribution in [2.45, 2.75) is 0 Å². The van der Waals surface area contributed by atoms with Gasteiger partial charge in [-0.25, -0.2) is 8.61 Å². The van der Waals surface area contributed by atoms with Crippen molar-refractivity contribution in [2.75, 3.05) is 8.61 Å².